The molecule has 0 radical (unpaired) electrons. The third kappa shape index (κ3) is 2.92. The summed E-state index contributed by atoms with van der Waals surface area (Å²) in [5, 5.41) is 0. The topological polar surface area (TPSA) is 35.5 Å². The molecule has 12 atom stereocenters. The van der Waals surface area contributed by atoms with Crippen molar-refractivity contribution in [3.8, 4) is 0 Å². The summed E-state index contributed by atoms with van der Waals surface area (Å²) in [6.45, 7) is 17.8. The van der Waals surface area contributed by atoms with E-state index in [9.17, 15) is 4.79 Å². The lowest BCUT2D eigenvalue weighted by atomic mass is 9.39. The highest BCUT2D eigenvalue weighted by Gasteiger charge is 2.72. The first-order valence-corrected chi connectivity index (χ1v) is 14.8. The summed E-state index contributed by atoms with van der Waals surface area (Å²) < 4.78 is 13.3. The van der Waals surface area contributed by atoms with Crippen molar-refractivity contribution in [1.29, 1.82) is 0 Å². The molecule has 192 valence electrons. The highest BCUT2D eigenvalue weighted by molar-refractivity contribution is 5.87. The second-order valence-electron chi connectivity index (χ2n) is 15.0. The quantitative estimate of drug-likeness (QED) is 0.404. The molecule has 4 aliphatic carbocycles. The number of rotatable bonds is 1. The van der Waals surface area contributed by atoms with Gasteiger partial charge in [-0.2, -0.15) is 0 Å². The zero-order chi connectivity index (χ0) is 24.3. The summed E-state index contributed by atoms with van der Waals surface area (Å²) in [7, 11) is 0. The van der Waals surface area contributed by atoms with Gasteiger partial charge in [0.1, 0.15) is 5.78 Å². The fourth-order valence-corrected chi connectivity index (χ4v) is 11.0. The van der Waals surface area contributed by atoms with Gasteiger partial charge in [0.25, 0.3) is 0 Å². The summed E-state index contributed by atoms with van der Waals surface area (Å²) in [6, 6.07) is 0. The van der Waals surface area contributed by atoms with Crippen LogP contribution in [0.25, 0.3) is 0 Å². The molecular formula is C31H50O3. The van der Waals surface area contributed by atoms with Crippen LogP contribution in [0, 0.1) is 63.6 Å². The molecular weight excluding hydrogens is 420 g/mol. The number of fused-ring (bicyclic) bond motifs is 7. The van der Waals surface area contributed by atoms with Crippen molar-refractivity contribution in [1.82, 2.24) is 0 Å². The SMILES string of the molecule is CC1CC[C@@]2(OC1)O[C@H]1C[C@H]3[C@@H]4CC[C@@]5(C)C[C@@H](C(C)C)CC[C@]5(C)[C@H]4CC(=O)[C@]3(C)[C@H]1[C@@H]2C. The van der Waals surface area contributed by atoms with E-state index in [1.165, 1.54) is 38.5 Å². The van der Waals surface area contributed by atoms with Gasteiger partial charge in [-0.15, -0.1) is 0 Å². The first-order valence-electron chi connectivity index (χ1n) is 14.8. The smallest absolute Gasteiger partial charge is 0.171 e. The molecule has 0 bridgehead atoms. The molecule has 3 nitrogen and oxygen atoms in total. The van der Waals surface area contributed by atoms with Crippen molar-refractivity contribution in [2.45, 2.75) is 118 Å². The van der Waals surface area contributed by atoms with E-state index in [4.69, 9.17) is 9.47 Å². The molecule has 0 aromatic rings. The van der Waals surface area contributed by atoms with Crippen LogP contribution in [0.5, 0.6) is 0 Å². The lowest BCUT2D eigenvalue weighted by Gasteiger charge is -2.65. The molecule has 1 spiro atoms. The molecule has 6 aliphatic rings. The van der Waals surface area contributed by atoms with Gasteiger partial charge < -0.3 is 9.47 Å². The summed E-state index contributed by atoms with van der Waals surface area (Å²) in [6.07, 6.45) is 11.0. The Morgan fingerprint density at radius 1 is 0.971 bits per heavy atom. The molecule has 4 saturated carbocycles. The maximum absolute atomic E-state index is 14.3. The van der Waals surface area contributed by atoms with Gasteiger partial charge in [0.15, 0.2) is 5.79 Å². The first kappa shape index (κ1) is 24.0. The van der Waals surface area contributed by atoms with E-state index in [0.717, 1.165) is 37.7 Å². The van der Waals surface area contributed by atoms with Crippen molar-refractivity contribution in [2.24, 2.45) is 63.6 Å². The number of ketones is 1. The molecule has 6 rings (SSSR count). The Kier molecular flexibility index (Phi) is 5.33. The van der Waals surface area contributed by atoms with Gasteiger partial charge in [-0.05, 0) is 91.3 Å². The minimum Gasteiger partial charge on any atom is -0.349 e. The van der Waals surface area contributed by atoms with E-state index in [0.29, 0.717) is 52.1 Å². The lowest BCUT2D eigenvalue weighted by molar-refractivity contribution is -0.272. The fraction of sp³-hybridized carbons (Fsp3) is 0.968. The summed E-state index contributed by atoms with van der Waals surface area (Å²) >= 11 is 0. The van der Waals surface area contributed by atoms with E-state index in [-0.39, 0.29) is 11.5 Å². The summed E-state index contributed by atoms with van der Waals surface area (Å²) in [4.78, 5) is 14.3. The second-order valence-corrected chi connectivity index (χ2v) is 15.0. The minimum absolute atomic E-state index is 0.207. The molecule has 3 heteroatoms. The Morgan fingerprint density at radius 2 is 1.74 bits per heavy atom. The van der Waals surface area contributed by atoms with Crippen molar-refractivity contribution in [3.05, 3.63) is 0 Å². The van der Waals surface area contributed by atoms with Crippen LogP contribution in [0.4, 0.5) is 0 Å². The van der Waals surface area contributed by atoms with E-state index in [1.54, 1.807) is 0 Å². The largest absolute Gasteiger partial charge is 0.349 e. The van der Waals surface area contributed by atoms with Crippen LogP contribution in [0.3, 0.4) is 0 Å². The molecule has 0 aromatic heterocycles. The molecule has 0 N–H and O–H groups in total. The first-order chi connectivity index (χ1) is 16.0. The van der Waals surface area contributed by atoms with Gasteiger partial charge in [0.05, 0.1) is 12.7 Å². The van der Waals surface area contributed by atoms with Crippen LogP contribution in [0.2, 0.25) is 0 Å². The average molecular weight is 471 g/mol. The average Bonchev–Trinajstić information content (AvgIpc) is 3.23. The van der Waals surface area contributed by atoms with Gasteiger partial charge >= 0.3 is 0 Å². The normalized spacial score (nSPS) is 59.0. The number of Topliss-reactive ketones (excluding diaryl/α,β-unsaturated/α-hetero) is 1. The number of carbonyl (C=O) groups excluding carboxylic acids is 1. The zero-order valence-corrected chi connectivity index (χ0v) is 23.0. The van der Waals surface area contributed by atoms with Crippen LogP contribution < -0.4 is 0 Å². The number of hydrogen-bond donors (Lipinski definition) is 0. The van der Waals surface area contributed by atoms with Crippen molar-refractivity contribution < 1.29 is 14.3 Å². The molecule has 1 unspecified atom stereocenters. The Bertz CT molecular complexity index is 842. The maximum Gasteiger partial charge on any atom is 0.171 e. The van der Waals surface area contributed by atoms with Gasteiger partial charge in [0, 0.05) is 30.1 Å². The number of ether oxygens (including phenoxy) is 2. The van der Waals surface area contributed by atoms with Crippen molar-refractivity contribution in [2.75, 3.05) is 6.61 Å². The van der Waals surface area contributed by atoms with Gasteiger partial charge in [0.2, 0.25) is 0 Å². The highest BCUT2D eigenvalue weighted by atomic mass is 16.7. The van der Waals surface area contributed by atoms with Crippen LogP contribution in [0.1, 0.15) is 106 Å². The highest BCUT2D eigenvalue weighted by Crippen LogP contribution is 2.73. The third-order valence-corrected chi connectivity index (χ3v) is 13.5. The Labute approximate surface area is 208 Å². The van der Waals surface area contributed by atoms with E-state index >= 15 is 0 Å². The van der Waals surface area contributed by atoms with E-state index in [2.05, 4.69) is 48.5 Å². The van der Waals surface area contributed by atoms with Gasteiger partial charge in [-0.3, -0.25) is 4.79 Å². The van der Waals surface area contributed by atoms with Crippen LogP contribution in [0.15, 0.2) is 0 Å². The van der Waals surface area contributed by atoms with E-state index in [1.807, 2.05) is 0 Å². The van der Waals surface area contributed by atoms with Crippen LogP contribution in [-0.4, -0.2) is 24.3 Å². The fourth-order valence-electron chi connectivity index (χ4n) is 11.0. The number of carbonyl (C=O) groups is 1. The van der Waals surface area contributed by atoms with Crippen LogP contribution in [-0.2, 0) is 14.3 Å². The Balaban J connectivity index is 1.29. The molecule has 2 heterocycles. The van der Waals surface area contributed by atoms with Crippen molar-refractivity contribution >= 4 is 5.78 Å². The third-order valence-electron chi connectivity index (χ3n) is 13.5. The predicted octanol–water partition coefficient (Wildman–Crippen LogP) is 7.27. The standard InChI is InChI=1S/C31H50O3/c1-18(2)21-9-12-29(6)23-15-26(32)30(7)24(22(23)10-11-28(29,5)16-21)14-25-27(30)20(4)31(34-25)13-8-19(3)17-33-31/h18-25,27H,8-17H2,1-7H3/t19?,20-,21-,22+,23-,24-,25-,27-,28-,29+,30+,31+/m0/s1. The molecule has 2 saturated heterocycles. The monoisotopic (exact) mass is 470 g/mol. The molecule has 6 fully saturated rings. The molecule has 0 amide bonds. The Morgan fingerprint density at radius 3 is 2.41 bits per heavy atom. The summed E-state index contributed by atoms with van der Waals surface area (Å²) in [5.74, 6) is 4.79. The molecule has 2 aliphatic heterocycles. The van der Waals surface area contributed by atoms with Crippen LogP contribution >= 0.6 is 0 Å². The summed E-state index contributed by atoms with van der Waals surface area (Å²) in [5.41, 5.74) is 0.483. The van der Waals surface area contributed by atoms with Gasteiger partial charge in [-0.25, -0.2) is 0 Å². The minimum atomic E-state index is -0.431. The number of hydrogen-bond acceptors (Lipinski definition) is 3. The zero-order valence-electron chi connectivity index (χ0n) is 23.0. The molecule has 34 heavy (non-hydrogen) atoms. The van der Waals surface area contributed by atoms with E-state index < -0.39 is 5.79 Å². The van der Waals surface area contributed by atoms with Gasteiger partial charge in [-0.1, -0.05) is 48.5 Å². The van der Waals surface area contributed by atoms with Crippen molar-refractivity contribution in [3.63, 3.8) is 0 Å². The Hall–Kier alpha value is -0.410. The predicted molar refractivity (Wildman–Crippen MR) is 135 cm³/mol. The molecule has 0 aromatic carbocycles. The second kappa shape index (κ2) is 7.56. The maximum atomic E-state index is 14.3. The lowest BCUT2D eigenvalue weighted by Crippen LogP contribution is -2.60.